The minimum Gasteiger partial charge on any atom is -0.550 e. The number of benzene rings is 1. The number of carboxylic acids is 1. The van der Waals surface area contributed by atoms with Crippen LogP contribution in [0.25, 0.3) is 11.3 Å². The number of carboxylic acid groups (broad SMARTS) is 1. The molecule has 5 nitrogen and oxygen atoms in total. The van der Waals surface area contributed by atoms with Crippen LogP contribution in [-0.2, 0) is 9.59 Å². The lowest BCUT2D eigenvalue weighted by atomic mass is 10.1. The van der Waals surface area contributed by atoms with E-state index in [1.807, 2.05) is 0 Å². The number of carbonyl (C=O) groups excluding carboxylic acids is 2. The molecule has 0 bridgehead atoms. The van der Waals surface area contributed by atoms with E-state index in [2.05, 4.69) is 10.3 Å². The van der Waals surface area contributed by atoms with Gasteiger partial charge in [0.2, 0.25) is 5.91 Å². The fourth-order valence-electron chi connectivity index (χ4n) is 1.73. The standard InChI is InChI=1S/C14H12F2N2O3S/c15-8-4-5-9(10(16)6-8)11-7-22-14(17-11)18-12(19)2-1-3-13(20)21/h4-7H,1-3H2,(H,20,21)(H,17,18,19)/p-1. The molecule has 0 spiro atoms. The highest BCUT2D eigenvalue weighted by Crippen LogP contribution is 2.27. The number of rotatable bonds is 6. The van der Waals surface area contributed by atoms with Crippen LogP contribution < -0.4 is 10.4 Å². The molecule has 1 heterocycles. The molecular formula is C14H11F2N2O3S-. The van der Waals surface area contributed by atoms with Crippen LogP contribution in [0.2, 0.25) is 0 Å². The molecule has 1 N–H and O–H groups in total. The Bertz CT molecular complexity index is 703. The first-order valence-corrected chi connectivity index (χ1v) is 7.24. The van der Waals surface area contributed by atoms with Gasteiger partial charge in [0.15, 0.2) is 5.13 Å². The Morgan fingerprint density at radius 2 is 2.05 bits per heavy atom. The van der Waals surface area contributed by atoms with Crippen molar-refractivity contribution in [3.05, 3.63) is 35.2 Å². The van der Waals surface area contributed by atoms with Gasteiger partial charge in [-0.25, -0.2) is 13.8 Å². The highest BCUT2D eigenvalue weighted by atomic mass is 32.1. The second-order valence-corrected chi connectivity index (χ2v) is 5.29. The predicted molar refractivity (Wildman–Crippen MR) is 75.0 cm³/mol. The third-order valence-electron chi connectivity index (χ3n) is 2.74. The molecule has 1 aromatic heterocycles. The zero-order chi connectivity index (χ0) is 16.1. The van der Waals surface area contributed by atoms with Gasteiger partial charge in [0.25, 0.3) is 0 Å². The lowest BCUT2D eigenvalue weighted by Gasteiger charge is -2.02. The van der Waals surface area contributed by atoms with E-state index < -0.39 is 17.6 Å². The zero-order valence-electron chi connectivity index (χ0n) is 11.3. The van der Waals surface area contributed by atoms with Crippen molar-refractivity contribution in [3.8, 4) is 11.3 Å². The average Bonchev–Trinajstić information content (AvgIpc) is 2.86. The number of hydrogen-bond acceptors (Lipinski definition) is 5. The molecule has 0 saturated heterocycles. The van der Waals surface area contributed by atoms with E-state index in [-0.39, 0.29) is 41.6 Å². The molecule has 0 unspecified atom stereocenters. The maximum Gasteiger partial charge on any atom is 0.226 e. The number of aromatic nitrogens is 1. The quantitative estimate of drug-likeness (QED) is 0.880. The van der Waals surface area contributed by atoms with Crippen molar-refractivity contribution in [2.45, 2.75) is 19.3 Å². The fraction of sp³-hybridized carbons (Fsp3) is 0.214. The number of amides is 1. The largest absolute Gasteiger partial charge is 0.550 e. The van der Waals surface area contributed by atoms with Crippen LogP contribution in [0.5, 0.6) is 0 Å². The molecule has 2 rings (SSSR count). The molecule has 22 heavy (non-hydrogen) atoms. The summed E-state index contributed by atoms with van der Waals surface area (Å²) < 4.78 is 26.5. The van der Waals surface area contributed by atoms with Gasteiger partial charge in [0.1, 0.15) is 11.6 Å². The molecule has 116 valence electrons. The van der Waals surface area contributed by atoms with E-state index >= 15 is 0 Å². The Kier molecular flexibility index (Phi) is 5.16. The van der Waals surface area contributed by atoms with E-state index in [9.17, 15) is 23.5 Å². The maximum atomic E-state index is 13.6. The molecule has 0 radical (unpaired) electrons. The molecule has 0 atom stereocenters. The lowest BCUT2D eigenvalue weighted by molar-refractivity contribution is -0.305. The topological polar surface area (TPSA) is 82.1 Å². The Balaban J connectivity index is 1.99. The summed E-state index contributed by atoms with van der Waals surface area (Å²) in [4.78, 5) is 25.9. The summed E-state index contributed by atoms with van der Waals surface area (Å²) in [5, 5.41) is 14.5. The van der Waals surface area contributed by atoms with Crippen molar-refractivity contribution in [3.63, 3.8) is 0 Å². The molecule has 0 saturated carbocycles. The van der Waals surface area contributed by atoms with Gasteiger partial charge >= 0.3 is 0 Å². The van der Waals surface area contributed by atoms with E-state index in [0.717, 1.165) is 23.5 Å². The molecule has 1 aromatic carbocycles. The van der Waals surface area contributed by atoms with Gasteiger partial charge in [-0.15, -0.1) is 11.3 Å². The number of halogens is 2. The van der Waals surface area contributed by atoms with Crippen molar-refractivity contribution >= 4 is 28.3 Å². The maximum absolute atomic E-state index is 13.6. The monoisotopic (exact) mass is 325 g/mol. The number of hydrogen-bond donors (Lipinski definition) is 1. The normalized spacial score (nSPS) is 10.5. The number of thiazole rings is 1. The van der Waals surface area contributed by atoms with Crippen molar-refractivity contribution in [2.75, 3.05) is 5.32 Å². The van der Waals surface area contributed by atoms with Crippen molar-refractivity contribution < 1.29 is 23.5 Å². The van der Waals surface area contributed by atoms with Gasteiger partial charge in [-0.3, -0.25) is 4.79 Å². The van der Waals surface area contributed by atoms with Gasteiger partial charge in [0.05, 0.1) is 5.69 Å². The molecule has 2 aromatic rings. The van der Waals surface area contributed by atoms with Crippen LogP contribution in [0.1, 0.15) is 19.3 Å². The highest BCUT2D eigenvalue weighted by Gasteiger charge is 2.12. The fourth-order valence-corrected chi connectivity index (χ4v) is 2.45. The zero-order valence-corrected chi connectivity index (χ0v) is 12.1. The molecular weight excluding hydrogens is 314 g/mol. The summed E-state index contributed by atoms with van der Waals surface area (Å²) in [5.74, 6) is -3.02. The first-order chi connectivity index (χ1) is 10.5. The molecule has 0 aliphatic heterocycles. The van der Waals surface area contributed by atoms with Crippen molar-refractivity contribution in [1.29, 1.82) is 0 Å². The first-order valence-electron chi connectivity index (χ1n) is 6.36. The van der Waals surface area contributed by atoms with E-state index in [1.54, 1.807) is 0 Å². The number of anilines is 1. The van der Waals surface area contributed by atoms with Crippen LogP contribution in [0.4, 0.5) is 13.9 Å². The van der Waals surface area contributed by atoms with Crippen molar-refractivity contribution in [2.24, 2.45) is 0 Å². The number of nitrogens with zero attached hydrogens (tertiary/aromatic N) is 1. The summed E-state index contributed by atoms with van der Waals surface area (Å²) in [5.41, 5.74) is 0.419. The third kappa shape index (κ3) is 4.32. The lowest BCUT2D eigenvalue weighted by Crippen LogP contribution is -2.22. The SMILES string of the molecule is O=C([O-])CCCC(=O)Nc1nc(-c2ccc(F)cc2F)cs1. The minimum absolute atomic E-state index is 0.0216. The Hall–Kier alpha value is -2.35. The van der Waals surface area contributed by atoms with E-state index in [4.69, 9.17) is 0 Å². The minimum atomic E-state index is -1.21. The third-order valence-corrected chi connectivity index (χ3v) is 3.50. The Morgan fingerprint density at radius 3 is 2.73 bits per heavy atom. The first kappa shape index (κ1) is 16.0. The van der Waals surface area contributed by atoms with Gasteiger partial charge < -0.3 is 15.2 Å². The van der Waals surface area contributed by atoms with E-state index in [1.165, 1.54) is 11.4 Å². The predicted octanol–water partition coefficient (Wildman–Crippen LogP) is 1.95. The molecule has 0 aliphatic rings. The molecule has 0 fully saturated rings. The summed E-state index contributed by atoms with van der Waals surface area (Å²) in [7, 11) is 0. The van der Waals surface area contributed by atoms with Gasteiger partial charge in [-0.2, -0.15) is 0 Å². The van der Waals surface area contributed by atoms with Crippen LogP contribution in [0.15, 0.2) is 23.6 Å². The van der Waals surface area contributed by atoms with Crippen LogP contribution >= 0.6 is 11.3 Å². The summed E-state index contributed by atoms with van der Waals surface area (Å²) in [6.07, 6.45) is -0.00980. The number of aliphatic carboxylic acids is 1. The smallest absolute Gasteiger partial charge is 0.226 e. The number of nitrogens with one attached hydrogen (secondary N) is 1. The second-order valence-electron chi connectivity index (χ2n) is 4.44. The molecule has 0 aliphatic carbocycles. The van der Waals surface area contributed by atoms with Crippen LogP contribution in [0, 0.1) is 11.6 Å². The second kappa shape index (κ2) is 7.08. The molecule has 8 heteroatoms. The summed E-state index contributed by atoms with van der Waals surface area (Å²) >= 11 is 1.09. The van der Waals surface area contributed by atoms with E-state index in [0.29, 0.717) is 0 Å². The van der Waals surface area contributed by atoms with Crippen LogP contribution in [0.3, 0.4) is 0 Å². The number of carbonyl (C=O) groups is 2. The summed E-state index contributed by atoms with van der Waals surface area (Å²) in [6, 6.07) is 3.15. The Labute approximate surface area is 128 Å². The molecule has 1 amide bonds. The van der Waals surface area contributed by atoms with Crippen LogP contribution in [-0.4, -0.2) is 16.9 Å². The van der Waals surface area contributed by atoms with Gasteiger partial charge in [-0.1, -0.05) is 0 Å². The van der Waals surface area contributed by atoms with Gasteiger partial charge in [0, 0.05) is 29.4 Å². The highest BCUT2D eigenvalue weighted by molar-refractivity contribution is 7.14. The Morgan fingerprint density at radius 1 is 1.27 bits per heavy atom. The summed E-state index contributed by atoms with van der Waals surface area (Å²) in [6.45, 7) is 0. The average molecular weight is 325 g/mol. The van der Waals surface area contributed by atoms with Crippen molar-refractivity contribution in [1.82, 2.24) is 4.98 Å². The van der Waals surface area contributed by atoms with Gasteiger partial charge in [-0.05, 0) is 25.0 Å².